The molecule has 0 atom stereocenters. The van der Waals surface area contributed by atoms with E-state index in [1.54, 1.807) is 24.3 Å². The molecule has 2 rings (SSSR count). The predicted molar refractivity (Wildman–Crippen MR) is 86.0 cm³/mol. The lowest BCUT2D eigenvalue weighted by Gasteiger charge is -2.12. The predicted octanol–water partition coefficient (Wildman–Crippen LogP) is 1.70. The number of rotatable bonds is 4. The molecule has 0 aliphatic carbocycles. The van der Waals surface area contributed by atoms with E-state index in [1.807, 2.05) is 0 Å². The Morgan fingerprint density at radius 1 is 1.10 bits per heavy atom. The minimum absolute atomic E-state index is 0. The van der Waals surface area contributed by atoms with Crippen molar-refractivity contribution in [3.05, 3.63) is 53.8 Å². The van der Waals surface area contributed by atoms with Crippen LogP contribution in [0.3, 0.4) is 0 Å². The fourth-order valence-electron chi connectivity index (χ4n) is 1.90. The zero-order valence-electron chi connectivity index (χ0n) is 10.5. The maximum absolute atomic E-state index is 13.3. The molecule has 0 aliphatic rings. The molecule has 0 saturated carbocycles. The van der Waals surface area contributed by atoms with Crippen LogP contribution in [0, 0.1) is 5.82 Å². The van der Waals surface area contributed by atoms with Crippen molar-refractivity contribution >= 4 is 17.8 Å². The van der Waals surface area contributed by atoms with Crippen LogP contribution >= 0.6 is 0 Å². The van der Waals surface area contributed by atoms with Gasteiger partial charge in [0, 0.05) is 5.46 Å². The summed E-state index contributed by atoms with van der Waals surface area (Å²) in [4.78, 5) is 0. The summed E-state index contributed by atoms with van der Waals surface area (Å²) in [6.45, 7) is -1.03. The number of aliphatic hydroxyl groups is 1. The Hall–Kier alpha value is -1.85. The number of aliphatic hydroxyl groups excluding tert-OH is 1. The van der Waals surface area contributed by atoms with Gasteiger partial charge in [0.2, 0.25) is 0 Å². The van der Waals surface area contributed by atoms with Crippen LogP contribution in [0.5, 0.6) is 5.75 Å². The number of hydrogen-bond acceptors (Lipinski definition) is 3. The molecule has 0 unspecified atom stereocenters. The van der Waals surface area contributed by atoms with Crippen LogP contribution in [-0.2, 0) is 6.61 Å². The summed E-state index contributed by atoms with van der Waals surface area (Å²) in [6, 6.07) is 10.8. The van der Waals surface area contributed by atoms with Crippen molar-refractivity contribution in [2.24, 2.45) is 0 Å². The van der Waals surface area contributed by atoms with Crippen molar-refractivity contribution < 1.29 is 19.3 Å². The van der Waals surface area contributed by atoms with Gasteiger partial charge in [-0.1, -0.05) is 39.1 Å². The van der Waals surface area contributed by atoms with Crippen LogP contribution in [0.25, 0.3) is 0 Å². The second-order valence-corrected chi connectivity index (χ2v) is 4.19. The Kier molecular flexibility index (Phi) is 7.70. The topological polar surface area (TPSA) is 49.7 Å². The first-order valence-electron chi connectivity index (χ1n) is 5.87. The fourth-order valence-corrected chi connectivity index (χ4v) is 1.90. The highest BCUT2D eigenvalue weighted by Gasteiger charge is 2.21. The maximum atomic E-state index is 13.3. The molecule has 0 aliphatic heterocycles. The van der Waals surface area contributed by atoms with E-state index >= 15 is 0 Å². The lowest BCUT2D eigenvalue weighted by Crippen LogP contribution is -2.43. The molecule has 0 aromatic heterocycles. The van der Waals surface area contributed by atoms with Gasteiger partial charge in [0.1, 0.15) is 11.6 Å². The Bertz CT molecular complexity index is 558. The summed E-state index contributed by atoms with van der Waals surface area (Å²) < 4.78 is 18.4. The molecule has 0 bridgehead atoms. The summed E-state index contributed by atoms with van der Waals surface area (Å²) in [5.41, 5.74) is 1.74. The van der Waals surface area contributed by atoms with Crippen LogP contribution < -0.4 is 15.7 Å². The number of hydrogen-bond donors (Lipinski definition) is 2. The summed E-state index contributed by atoms with van der Waals surface area (Å²) in [5, 5.41) is 19.3. The van der Waals surface area contributed by atoms with Crippen LogP contribution in [0.1, 0.15) is 20.4 Å². The van der Waals surface area contributed by atoms with Gasteiger partial charge in [0.25, 0.3) is 0 Å². The average Bonchev–Trinajstić information content (AvgIpc) is 2.46. The molecule has 0 fully saturated rings. The van der Waals surface area contributed by atoms with E-state index in [1.165, 1.54) is 25.3 Å². The van der Waals surface area contributed by atoms with E-state index < -0.39 is 12.7 Å². The zero-order chi connectivity index (χ0) is 13.8. The summed E-state index contributed by atoms with van der Waals surface area (Å²) in [6.07, 6.45) is 0. The summed E-state index contributed by atoms with van der Waals surface area (Å²) in [5.74, 6) is 0.00182. The largest absolute Gasteiger partial charge is 0.497 e. The minimum Gasteiger partial charge on any atom is -0.497 e. The first kappa shape index (κ1) is 19.2. The third kappa shape index (κ3) is 4.31. The third-order valence-corrected chi connectivity index (χ3v) is 2.96. The van der Waals surface area contributed by atoms with Crippen molar-refractivity contribution in [3.63, 3.8) is 0 Å². The second-order valence-electron chi connectivity index (χ2n) is 4.19. The number of benzene rings is 2. The van der Waals surface area contributed by atoms with Crippen LogP contribution in [0.2, 0.25) is 0 Å². The van der Waals surface area contributed by atoms with Crippen LogP contribution in [0.15, 0.2) is 42.5 Å². The first-order valence-corrected chi connectivity index (χ1v) is 5.87. The zero-order valence-corrected chi connectivity index (χ0v) is 10.5. The van der Waals surface area contributed by atoms with Crippen molar-refractivity contribution in [1.82, 2.24) is 0 Å². The molecule has 0 amide bonds. The smallest absolute Gasteiger partial charge is 0.362 e. The molecule has 0 saturated heterocycles. The van der Waals surface area contributed by atoms with Gasteiger partial charge in [-0.05, 0) is 29.2 Å². The molecule has 5 heteroatoms. The first-order chi connectivity index (χ1) is 9.15. The van der Waals surface area contributed by atoms with Crippen LogP contribution in [-0.4, -0.2) is 24.2 Å². The second kappa shape index (κ2) is 8.44. The molecule has 2 N–H and O–H groups in total. The van der Waals surface area contributed by atoms with E-state index in [2.05, 4.69) is 0 Å². The maximum Gasteiger partial charge on any atom is 0.362 e. The highest BCUT2D eigenvalue weighted by Crippen LogP contribution is 2.09. The van der Waals surface area contributed by atoms with Gasteiger partial charge in [-0.2, -0.15) is 0 Å². The molecule has 2 aromatic rings. The summed E-state index contributed by atoms with van der Waals surface area (Å²) in [7, 11) is 1.47. The van der Waals surface area contributed by atoms with Gasteiger partial charge >= 0.3 is 6.92 Å². The summed E-state index contributed by atoms with van der Waals surface area (Å²) >= 11 is 0. The quantitative estimate of drug-likeness (QED) is 0.843. The molecule has 0 heterocycles. The molecule has 0 radical (unpaired) electrons. The normalized spacial score (nSPS) is 9.33. The monoisotopic (exact) mass is 292 g/mol. The Balaban J connectivity index is 0.00000200. The van der Waals surface area contributed by atoms with Gasteiger partial charge in [-0.15, -0.1) is 0 Å². The van der Waals surface area contributed by atoms with E-state index in [-0.39, 0.29) is 21.5 Å². The minimum atomic E-state index is -0.974. The van der Waals surface area contributed by atoms with E-state index in [0.717, 1.165) is 5.56 Å². The Labute approximate surface area is 126 Å². The Morgan fingerprint density at radius 3 is 2.24 bits per heavy atom. The highest BCUT2D eigenvalue weighted by molar-refractivity contribution is 6.79. The number of methoxy groups -OCH3 is 1. The molecular formula is C16H22BFO3. The van der Waals surface area contributed by atoms with Gasteiger partial charge in [-0.3, -0.25) is 0 Å². The average molecular weight is 292 g/mol. The Morgan fingerprint density at radius 2 is 1.71 bits per heavy atom. The van der Waals surface area contributed by atoms with Crippen molar-refractivity contribution in [2.75, 3.05) is 7.11 Å². The lowest BCUT2D eigenvalue weighted by atomic mass is 9.55. The molecule has 2 aromatic carbocycles. The molecule has 3 nitrogen and oxygen atoms in total. The van der Waals surface area contributed by atoms with Gasteiger partial charge in [-0.25, -0.2) is 4.39 Å². The van der Waals surface area contributed by atoms with E-state index in [9.17, 15) is 9.41 Å². The molecular weight excluding hydrogens is 270 g/mol. The van der Waals surface area contributed by atoms with Gasteiger partial charge in [0.15, 0.2) is 0 Å². The van der Waals surface area contributed by atoms with Crippen molar-refractivity contribution in [2.45, 2.75) is 21.5 Å². The fraction of sp³-hybridized carbons (Fsp3) is 0.250. The molecule has 0 spiro atoms. The third-order valence-electron chi connectivity index (χ3n) is 2.96. The SMILES string of the molecule is C.C.COc1ccc(F)cc1B(O)c1ccc(CO)cc1. The van der Waals surface area contributed by atoms with Crippen LogP contribution in [0.4, 0.5) is 4.39 Å². The molecule has 114 valence electrons. The van der Waals surface area contributed by atoms with E-state index in [0.29, 0.717) is 16.7 Å². The lowest BCUT2D eigenvalue weighted by molar-refractivity contribution is 0.282. The van der Waals surface area contributed by atoms with Crippen molar-refractivity contribution in [3.8, 4) is 5.75 Å². The number of halogens is 1. The van der Waals surface area contributed by atoms with Gasteiger partial charge in [0.05, 0.1) is 13.7 Å². The van der Waals surface area contributed by atoms with Crippen molar-refractivity contribution in [1.29, 1.82) is 0 Å². The molecule has 21 heavy (non-hydrogen) atoms. The van der Waals surface area contributed by atoms with E-state index in [4.69, 9.17) is 9.84 Å². The number of ether oxygens (including phenoxy) is 1. The highest BCUT2D eigenvalue weighted by atomic mass is 19.1. The standard InChI is InChI=1S/C14H14BFO3.2CH4/c1-19-14-7-6-12(16)8-13(14)15(18)11-4-2-10(9-17)3-5-11;;/h2-8,17-18H,9H2,1H3;2*1H4. The van der Waals surface area contributed by atoms with Gasteiger partial charge < -0.3 is 14.9 Å².